The Bertz CT molecular complexity index is 840. The monoisotopic (exact) mass is 520 g/mol. The predicted molar refractivity (Wildman–Crippen MR) is 115 cm³/mol. The number of hydrogen-bond donors (Lipinski definition) is 3. The molecule has 0 radical (unpaired) electrons. The molecule has 200 valence electrons. The van der Waals surface area contributed by atoms with E-state index in [-0.39, 0.29) is 17.8 Å². The van der Waals surface area contributed by atoms with E-state index >= 15 is 0 Å². The van der Waals surface area contributed by atoms with Gasteiger partial charge < -0.3 is 14.9 Å². The molecule has 0 aliphatic heterocycles. The number of ether oxygens (including phenoxy) is 1. The van der Waals surface area contributed by atoms with Crippen molar-refractivity contribution in [1.82, 2.24) is 0 Å². The summed E-state index contributed by atoms with van der Waals surface area (Å²) >= 11 is 0. The van der Waals surface area contributed by atoms with Gasteiger partial charge in [-0.3, -0.25) is 9.35 Å². The van der Waals surface area contributed by atoms with Crippen molar-refractivity contribution in [3.63, 3.8) is 0 Å². The van der Waals surface area contributed by atoms with E-state index in [0.29, 0.717) is 38.5 Å². The number of hydrogen-bond acceptors (Lipinski definition) is 6. The zero-order valence-electron chi connectivity index (χ0n) is 19.9. The van der Waals surface area contributed by atoms with Gasteiger partial charge in [0.15, 0.2) is 0 Å². The first-order valence-corrected chi connectivity index (χ1v) is 13.2. The highest BCUT2D eigenvalue weighted by atomic mass is 32.2. The number of carbonyl (C=O) groups is 1. The van der Waals surface area contributed by atoms with Crippen molar-refractivity contribution in [3.05, 3.63) is 0 Å². The molecule has 3 N–H and O–H groups in total. The van der Waals surface area contributed by atoms with E-state index in [0.717, 1.165) is 0 Å². The Morgan fingerprint density at radius 2 is 1.38 bits per heavy atom. The van der Waals surface area contributed by atoms with Gasteiger partial charge in [-0.05, 0) is 62.2 Å². The van der Waals surface area contributed by atoms with Crippen LogP contribution in [0.2, 0.25) is 0 Å². The average molecular weight is 521 g/mol. The molecule has 12 heteroatoms. The number of alkyl halides is 4. The molecular weight excluding hydrogens is 484 g/mol. The van der Waals surface area contributed by atoms with Crippen LogP contribution in [-0.4, -0.2) is 58.1 Å². The molecule has 2 aliphatic rings. The summed E-state index contributed by atoms with van der Waals surface area (Å²) in [5.74, 6) is -7.97. The van der Waals surface area contributed by atoms with Crippen LogP contribution in [0.3, 0.4) is 0 Å². The molecule has 2 aliphatic carbocycles. The quantitative estimate of drug-likeness (QED) is 0.202. The van der Waals surface area contributed by atoms with Crippen molar-refractivity contribution >= 4 is 16.1 Å². The first-order valence-electron chi connectivity index (χ1n) is 11.8. The minimum Gasteiger partial charge on any atom is -0.465 e. The average Bonchev–Trinajstić information content (AvgIpc) is 3.36. The maximum Gasteiger partial charge on any atom is 0.431 e. The van der Waals surface area contributed by atoms with Gasteiger partial charge in [0, 0.05) is 0 Å². The summed E-state index contributed by atoms with van der Waals surface area (Å²) in [6.45, 7) is 6.18. The second-order valence-electron chi connectivity index (χ2n) is 9.79. The minimum absolute atomic E-state index is 0.104. The summed E-state index contributed by atoms with van der Waals surface area (Å²) in [7, 11) is -6.36. The van der Waals surface area contributed by atoms with E-state index in [4.69, 9.17) is 9.29 Å². The van der Waals surface area contributed by atoms with Crippen LogP contribution in [0.15, 0.2) is 0 Å². The largest absolute Gasteiger partial charge is 0.465 e. The second kappa shape index (κ2) is 9.82. The third-order valence-corrected chi connectivity index (χ3v) is 9.35. The lowest BCUT2D eigenvalue weighted by molar-refractivity contribution is -0.180. The van der Waals surface area contributed by atoms with Crippen LogP contribution in [0.5, 0.6) is 0 Å². The number of fused-ring (bicyclic) bond motifs is 2. The first-order chi connectivity index (χ1) is 15.5. The molecule has 0 aromatic carbocycles. The number of rotatable bonds is 12. The Morgan fingerprint density at radius 1 is 0.912 bits per heavy atom. The molecule has 2 saturated carbocycles. The smallest absolute Gasteiger partial charge is 0.431 e. The van der Waals surface area contributed by atoms with Crippen molar-refractivity contribution in [2.24, 2.45) is 29.6 Å². The summed E-state index contributed by atoms with van der Waals surface area (Å²) in [6.07, 6.45) is 0.752. The topological polar surface area (TPSA) is 121 Å². The van der Waals surface area contributed by atoms with Crippen LogP contribution in [0.4, 0.5) is 17.6 Å². The van der Waals surface area contributed by atoms with Crippen LogP contribution in [0, 0.1) is 29.6 Å². The zero-order valence-corrected chi connectivity index (χ0v) is 20.8. The van der Waals surface area contributed by atoms with Gasteiger partial charge in [0.05, 0.1) is 30.1 Å². The van der Waals surface area contributed by atoms with Crippen molar-refractivity contribution in [3.8, 4) is 0 Å². The number of aliphatic hydroxyl groups is 2. The molecule has 34 heavy (non-hydrogen) atoms. The SMILES string of the molecule is CCC(O)(CC)C1C2CC(C(=O)OCCC(F)(F)C(F)(F)S(=O)(=O)O)C(C2)C1C(O)(CC)CC. The highest BCUT2D eigenvalue weighted by Crippen LogP contribution is 2.63. The van der Waals surface area contributed by atoms with Crippen LogP contribution < -0.4 is 0 Å². The fourth-order valence-electron chi connectivity index (χ4n) is 6.30. The number of esters is 1. The Balaban J connectivity index is 2.19. The number of halogens is 4. The normalized spacial score (nSPS) is 28.4. The third kappa shape index (κ3) is 4.84. The van der Waals surface area contributed by atoms with Crippen molar-refractivity contribution in [2.75, 3.05) is 6.61 Å². The maximum absolute atomic E-state index is 13.7. The molecule has 0 aromatic rings. The molecule has 0 aromatic heterocycles. The Hall–Kier alpha value is -0.980. The zero-order chi connectivity index (χ0) is 26.3. The summed E-state index contributed by atoms with van der Waals surface area (Å²) in [5, 5.41) is 17.0. The van der Waals surface area contributed by atoms with Crippen molar-refractivity contribution in [1.29, 1.82) is 0 Å². The van der Waals surface area contributed by atoms with Crippen molar-refractivity contribution in [2.45, 2.75) is 95.0 Å². The van der Waals surface area contributed by atoms with E-state index in [1.165, 1.54) is 0 Å². The highest BCUT2D eigenvalue weighted by Gasteiger charge is 2.66. The van der Waals surface area contributed by atoms with Crippen LogP contribution in [0.1, 0.15) is 72.6 Å². The van der Waals surface area contributed by atoms with Gasteiger partial charge in [0.2, 0.25) is 0 Å². The molecule has 5 unspecified atom stereocenters. The minimum atomic E-state index is -6.36. The van der Waals surface area contributed by atoms with Crippen LogP contribution >= 0.6 is 0 Å². The fourth-order valence-corrected chi connectivity index (χ4v) is 6.78. The highest BCUT2D eigenvalue weighted by molar-refractivity contribution is 7.87. The molecular formula is C22H36F4O7S. The summed E-state index contributed by atoms with van der Waals surface area (Å²) in [6, 6.07) is 0. The Morgan fingerprint density at radius 3 is 1.82 bits per heavy atom. The van der Waals surface area contributed by atoms with Gasteiger partial charge in [-0.15, -0.1) is 0 Å². The second-order valence-corrected chi connectivity index (χ2v) is 11.3. The molecule has 2 rings (SSSR count). The fraction of sp³-hybridized carbons (Fsp3) is 0.955. The molecule has 5 atom stereocenters. The van der Waals surface area contributed by atoms with Crippen LogP contribution in [-0.2, 0) is 19.6 Å². The van der Waals surface area contributed by atoms with Crippen molar-refractivity contribution < 1.29 is 50.3 Å². The number of carbonyl (C=O) groups excluding carboxylic acids is 1. The molecule has 0 spiro atoms. The molecule has 2 fully saturated rings. The lowest BCUT2D eigenvalue weighted by atomic mass is 9.59. The summed E-state index contributed by atoms with van der Waals surface area (Å²) in [5.41, 5.74) is -2.20. The molecule has 0 amide bonds. The van der Waals surface area contributed by atoms with Gasteiger partial charge in [-0.1, -0.05) is 27.7 Å². The standard InChI is InChI=1S/C22H36F4O7S/c1-5-19(28,6-2)16-13-11-14(17(16)20(29,7-3)8-4)15(12-13)18(27)33-10-9-21(23,24)22(25,26)34(30,31)32/h13-17,28-29H,5-12H2,1-4H3,(H,30,31,32). The summed E-state index contributed by atoms with van der Waals surface area (Å²) in [4.78, 5) is 12.7. The third-order valence-electron chi connectivity index (χ3n) is 8.41. The molecule has 0 heterocycles. The van der Waals surface area contributed by atoms with E-state index in [1.54, 1.807) is 0 Å². The Kier molecular flexibility index (Phi) is 8.45. The van der Waals surface area contributed by atoms with E-state index in [1.807, 2.05) is 27.7 Å². The lowest BCUT2D eigenvalue weighted by Gasteiger charge is -2.50. The van der Waals surface area contributed by atoms with Gasteiger partial charge in [-0.2, -0.15) is 26.0 Å². The van der Waals surface area contributed by atoms with E-state index < -0.39 is 63.3 Å². The first kappa shape index (κ1) is 29.3. The Labute approximate surface area is 198 Å². The van der Waals surface area contributed by atoms with Gasteiger partial charge in [0.25, 0.3) is 0 Å². The predicted octanol–water partition coefficient (Wildman–Crippen LogP) is 4.03. The van der Waals surface area contributed by atoms with Gasteiger partial charge >= 0.3 is 27.3 Å². The van der Waals surface area contributed by atoms with E-state index in [9.17, 15) is 41.0 Å². The summed E-state index contributed by atoms with van der Waals surface area (Å²) < 4.78 is 88.6. The molecule has 2 bridgehead atoms. The van der Waals surface area contributed by atoms with Gasteiger partial charge in [-0.25, -0.2) is 0 Å². The molecule has 0 saturated heterocycles. The molecule has 7 nitrogen and oxygen atoms in total. The van der Waals surface area contributed by atoms with Gasteiger partial charge in [0.1, 0.15) is 0 Å². The maximum atomic E-state index is 13.7. The van der Waals surface area contributed by atoms with E-state index in [2.05, 4.69) is 0 Å². The lowest BCUT2D eigenvalue weighted by Crippen LogP contribution is -2.54. The van der Waals surface area contributed by atoms with Crippen LogP contribution in [0.25, 0.3) is 0 Å².